The van der Waals surface area contributed by atoms with Crippen LogP contribution in [-0.2, 0) is 9.47 Å². The fourth-order valence-electron chi connectivity index (χ4n) is 2.08. The molecule has 1 heterocycles. The second-order valence-electron chi connectivity index (χ2n) is 5.99. The van der Waals surface area contributed by atoms with Crippen LogP contribution in [-0.4, -0.2) is 79.1 Å². The lowest BCUT2D eigenvalue weighted by molar-refractivity contribution is 0.0269. The normalized spacial score (nSPS) is 24.1. The molecule has 0 bridgehead atoms. The van der Waals surface area contributed by atoms with Crippen LogP contribution in [0.3, 0.4) is 0 Å². The highest BCUT2D eigenvalue weighted by Crippen LogP contribution is 2.18. The minimum atomic E-state index is -0.547. The molecular formula is C13H26N2O4. The number of hydrogen-bond acceptors (Lipinski definition) is 5. The molecule has 1 aliphatic heterocycles. The van der Waals surface area contributed by atoms with Crippen LogP contribution in [0.25, 0.3) is 0 Å². The van der Waals surface area contributed by atoms with Crippen molar-refractivity contribution in [1.29, 1.82) is 0 Å². The Balaban J connectivity index is 2.52. The van der Waals surface area contributed by atoms with Gasteiger partial charge >= 0.3 is 6.09 Å². The number of carbonyl (C=O) groups is 1. The van der Waals surface area contributed by atoms with E-state index < -0.39 is 11.7 Å². The molecular weight excluding hydrogens is 248 g/mol. The number of methoxy groups -OCH3 is 1. The van der Waals surface area contributed by atoms with Crippen LogP contribution in [0.4, 0.5) is 4.79 Å². The van der Waals surface area contributed by atoms with Crippen molar-refractivity contribution in [2.75, 3.05) is 40.4 Å². The maximum absolute atomic E-state index is 11.9. The van der Waals surface area contributed by atoms with Gasteiger partial charge in [0.15, 0.2) is 0 Å². The molecule has 0 saturated carbocycles. The first kappa shape index (κ1) is 16.2. The Morgan fingerprint density at radius 2 is 2.05 bits per heavy atom. The Morgan fingerprint density at radius 1 is 1.42 bits per heavy atom. The van der Waals surface area contributed by atoms with Crippen molar-refractivity contribution in [3.05, 3.63) is 0 Å². The Kier molecular flexibility index (Phi) is 5.58. The number of likely N-dealkylation sites (N-methyl/N-ethyl adjacent to an activating group) is 1. The summed E-state index contributed by atoms with van der Waals surface area (Å²) in [6.45, 7) is 7.62. The van der Waals surface area contributed by atoms with Gasteiger partial charge in [-0.15, -0.1) is 0 Å². The highest BCUT2D eigenvalue weighted by molar-refractivity contribution is 5.68. The van der Waals surface area contributed by atoms with Crippen LogP contribution < -0.4 is 0 Å². The zero-order chi connectivity index (χ0) is 14.6. The number of amides is 1. The van der Waals surface area contributed by atoms with Crippen molar-refractivity contribution in [1.82, 2.24) is 9.80 Å². The van der Waals surface area contributed by atoms with E-state index >= 15 is 0 Å². The van der Waals surface area contributed by atoms with Crippen LogP contribution in [0.1, 0.15) is 20.8 Å². The van der Waals surface area contributed by atoms with E-state index in [-0.39, 0.29) is 12.1 Å². The molecule has 1 rings (SSSR count). The van der Waals surface area contributed by atoms with Crippen molar-refractivity contribution >= 4 is 6.09 Å². The Morgan fingerprint density at radius 3 is 2.58 bits per heavy atom. The summed E-state index contributed by atoms with van der Waals surface area (Å²) in [6, 6.07) is -0.0670. The molecule has 6 nitrogen and oxygen atoms in total. The smallest absolute Gasteiger partial charge is 0.410 e. The van der Waals surface area contributed by atoms with Gasteiger partial charge in [0.25, 0.3) is 0 Å². The lowest BCUT2D eigenvalue weighted by atomic mass is 10.2. The standard InChI is InChI=1S/C13H26N2O4/c1-13(2,3)19-12(17)15-8-10(11(16)9-15)14(4)6-7-18-5/h10-11,16H,6-9H2,1-5H3/t10-,11-/m1/s1. The summed E-state index contributed by atoms with van der Waals surface area (Å²) in [5, 5.41) is 10.0. The number of ether oxygens (including phenoxy) is 2. The maximum atomic E-state index is 11.9. The van der Waals surface area contributed by atoms with Crippen LogP contribution in [0.5, 0.6) is 0 Å². The van der Waals surface area contributed by atoms with Crippen molar-refractivity contribution < 1.29 is 19.4 Å². The molecule has 19 heavy (non-hydrogen) atoms. The van der Waals surface area contributed by atoms with E-state index in [4.69, 9.17) is 9.47 Å². The number of β-amino-alcohol motifs (C(OH)–C–C–N with tert-alkyl or cyclic N) is 1. The summed E-state index contributed by atoms with van der Waals surface area (Å²) in [5.41, 5.74) is -0.512. The highest BCUT2D eigenvalue weighted by atomic mass is 16.6. The van der Waals surface area contributed by atoms with E-state index in [0.717, 1.165) is 6.54 Å². The minimum Gasteiger partial charge on any atom is -0.444 e. The fourth-order valence-corrected chi connectivity index (χ4v) is 2.08. The average molecular weight is 274 g/mol. The van der Waals surface area contributed by atoms with E-state index in [1.807, 2.05) is 32.7 Å². The molecule has 1 amide bonds. The number of rotatable bonds is 4. The third-order valence-corrected chi connectivity index (χ3v) is 3.13. The molecule has 0 spiro atoms. The van der Waals surface area contributed by atoms with Gasteiger partial charge in [-0.05, 0) is 27.8 Å². The molecule has 112 valence electrons. The van der Waals surface area contributed by atoms with E-state index in [2.05, 4.69) is 0 Å². The van der Waals surface area contributed by atoms with Crippen LogP contribution in [0.2, 0.25) is 0 Å². The molecule has 0 aromatic rings. The number of carbonyl (C=O) groups excluding carboxylic acids is 1. The third-order valence-electron chi connectivity index (χ3n) is 3.13. The number of likely N-dealkylation sites (tertiary alicyclic amines) is 1. The highest BCUT2D eigenvalue weighted by Gasteiger charge is 2.37. The summed E-state index contributed by atoms with van der Waals surface area (Å²) < 4.78 is 10.3. The van der Waals surface area contributed by atoms with Gasteiger partial charge in [0.1, 0.15) is 5.60 Å². The average Bonchev–Trinajstić information content (AvgIpc) is 2.66. The molecule has 1 aliphatic rings. The Labute approximate surface area is 115 Å². The van der Waals surface area contributed by atoms with Gasteiger partial charge in [-0.3, -0.25) is 4.90 Å². The number of aliphatic hydroxyl groups excluding tert-OH is 1. The zero-order valence-corrected chi connectivity index (χ0v) is 12.5. The van der Waals surface area contributed by atoms with Gasteiger partial charge in [0, 0.05) is 20.2 Å². The summed E-state index contributed by atoms with van der Waals surface area (Å²) in [7, 11) is 3.57. The van der Waals surface area contributed by atoms with Crippen molar-refractivity contribution in [2.45, 2.75) is 38.5 Å². The molecule has 0 aromatic heterocycles. The van der Waals surface area contributed by atoms with Crippen LogP contribution in [0.15, 0.2) is 0 Å². The molecule has 2 atom stereocenters. The van der Waals surface area contributed by atoms with Gasteiger partial charge in [-0.25, -0.2) is 4.79 Å². The van der Waals surface area contributed by atoms with Crippen molar-refractivity contribution in [2.24, 2.45) is 0 Å². The predicted molar refractivity (Wildman–Crippen MR) is 72.1 cm³/mol. The largest absolute Gasteiger partial charge is 0.444 e. The number of nitrogens with zero attached hydrogens (tertiary/aromatic N) is 2. The van der Waals surface area contributed by atoms with E-state index in [1.165, 1.54) is 0 Å². The number of hydrogen-bond donors (Lipinski definition) is 1. The zero-order valence-electron chi connectivity index (χ0n) is 12.5. The maximum Gasteiger partial charge on any atom is 0.410 e. The summed E-state index contributed by atoms with van der Waals surface area (Å²) in [5.74, 6) is 0. The fraction of sp³-hybridized carbons (Fsp3) is 0.923. The van der Waals surface area contributed by atoms with E-state index in [0.29, 0.717) is 19.7 Å². The van der Waals surface area contributed by atoms with Crippen LogP contribution >= 0.6 is 0 Å². The lowest BCUT2D eigenvalue weighted by Crippen LogP contribution is -2.42. The third kappa shape index (κ3) is 4.97. The van der Waals surface area contributed by atoms with Crippen LogP contribution in [0, 0.1) is 0 Å². The molecule has 0 aliphatic carbocycles. The Hall–Kier alpha value is -0.850. The van der Waals surface area contributed by atoms with Crippen molar-refractivity contribution in [3.8, 4) is 0 Å². The monoisotopic (exact) mass is 274 g/mol. The van der Waals surface area contributed by atoms with E-state index in [9.17, 15) is 9.90 Å². The van der Waals surface area contributed by atoms with Gasteiger partial charge in [-0.2, -0.15) is 0 Å². The Bertz CT molecular complexity index is 304. The van der Waals surface area contributed by atoms with Gasteiger partial charge in [0.05, 0.1) is 25.3 Å². The summed E-state index contributed by atoms with van der Waals surface area (Å²) in [6.07, 6.45) is -0.913. The van der Waals surface area contributed by atoms with Gasteiger partial charge in [-0.1, -0.05) is 0 Å². The number of aliphatic hydroxyl groups is 1. The SMILES string of the molecule is COCCN(C)[C@@H]1CN(C(=O)OC(C)(C)C)C[C@H]1O. The minimum absolute atomic E-state index is 0.0670. The van der Waals surface area contributed by atoms with Gasteiger partial charge in [0.2, 0.25) is 0 Å². The quantitative estimate of drug-likeness (QED) is 0.811. The second-order valence-corrected chi connectivity index (χ2v) is 5.99. The molecule has 1 saturated heterocycles. The summed E-state index contributed by atoms with van der Waals surface area (Å²) in [4.78, 5) is 15.5. The topological polar surface area (TPSA) is 62.2 Å². The lowest BCUT2D eigenvalue weighted by Gasteiger charge is -2.26. The molecule has 6 heteroatoms. The van der Waals surface area contributed by atoms with E-state index in [1.54, 1.807) is 12.0 Å². The molecule has 0 unspecified atom stereocenters. The van der Waals surface area contributed by atoms with Crippen molar-refractivity contribution in [3.63, 3.8) is 0 Å². The first-order valence-electron chi connectivity index (χ1n) is 6.60. The first-order chi connectivity index (χ1) is 8.74. The molecule has 1 N–H and O–H groups in total. The summed E-state index contributed by atoms with van der Waals surface area (Å²) >= 11 is 0. The first-order valence-corrected chi connectivity index (χ1v) is 6.60. The molecule has 1 fully saturated rings. The van der Waals surface area contributed by atoms with Gasteiger partial charge < -0.3 is 19.5 Å². The predicted octanol–water partition coefficient (Wildman–Crippen LogP) is 0.545. The molecule has 0 aromatic carbocycles. The second kappa shape index (κ2) is 6.54. The molecule has 0 radical (unpaired) electrons.